The highest BCUT2D eigenvalue weighted by atomic mass is 32.1. The van der Waals surface area contributed by atoms with Crippen molar-refractivity contribution in [1.82, 2.24) is 10.2 Å². The Kier molecular flexibility index (Phi) is 4.90. The van der Waals surface area contributed by atoms with Gasteiger partial charge in [-0.15, -0.1) is 10.2 Å². The first-order valence-electron chi connectivity index (χ1n) is 7.31. The van der Waals surface area contributed by atoms with E-state index in [1.165, 1.54) is 30.6 Å². The highest BCUT2D eigenvalue weighted by Gasteiger charge is 2.09. The van der Waals surface area contributed by atoms with Gasteiger partial charge >= 0.3 is 0 Å². The van der Waals surface area contributed by atoms with Gasteiger partial charge in [-0.25, -0.2) is 4.39 Å². The van der Waals surface area contributed by atoms with E-state index < -0.39 is 0 Å². The molecular formula is C17H16FN3O2S. The van der Waals surface area contributed by atoms with Crippen molar-refractivity contribution in [2.24, 2.45) is 0 Å². The second kappa shape index (κ2) is 7.27. The number of benzene rings is 2. The molecule has 0 saturated heterocycles. The average molecular weight is 345 g/mol. The van der Waals surface area contributed by atoms with Crippen molar-refractivity contribution in [3.63, 3.8) is 0 Å². The minimum atomic E-state index is -0.253. The van der Waals surface area contributed by atoms with E-state index in [4.69, 9.17) is 4.74 Å². The molecule has 5 nitrogen and oxygen atoms in total. The van der Waals surface area contributed by atoms with Gasteiger partial charge in [0.25, 0.3) is 0 Å². The van der Waals surface area contributed by atoms with Gasteiger partial charge < -0.3 is 15.2 Å². The summed E-state index contributed by atoms with van der Waals surface area (Å²) in [5, 5.41) is 22.9. The Morgan fingerprint density at radius 3 is 2.71 bits per heavy atom. The molecule has 0 radical (unpaired) electrons. The molecule has 0 aliphatic carbocycles. The standard InChI is InChI=1S/C17H16FN3O2S/c1-23-14-4-2-3-12(16(14)22)10-19-17-21-20-15(24-17)9-11-5-7-13(18)8-6-11/h2-8,22H,9-10H2,1H3,(H,19,21). The molecule has 1 heterocycles. The van der Waals surface area contributed by atoms with Crippen LogP contribution in [0.5, 0.6) is 11.5 Å². The highest BCUT2D eigenvalue weighted by molar-refractivity contribution is 7.15. The first-order chi connectivity index (χ1) is 11.7. The van der Waals surface area contributed by atoms with Gasteiger partial charge in [0.05, 0.1) is 7.11 Å². The number of aromatic hydroxyl groups is 1. The van der Waals surface area contributed by atoms with Crippen molar-refractivity contribution in [2.75, 3.05) is 12.4 Å². The zero-order valence-electron chi connectivity index (χ0n) is 13.0. The van der Waals surface area contributed by atoms with Crippen LogP contribution in [0, 0.1) is 5.82 Å². The van der Waals surface area contributed by atoms with E-state index >= 15 is 0 Å². The molecule has 0 amide bonds. The second-order valence-electron chi connectivity index (χ2n) is 5.13. The lowest BCUT2D eigenvalue weighted by molar-refractivity contribution is 0.371. The van der Waals surface area contributed by atoms with E-state index in [1.807, 2.05) is 12.1 Å². The molecule has 0 unspecified atom stereocenters. The maximum absolute atomic E-state index is 12.9. The molecule has 124 valence electrons. The van der Waals surface area contributed by atoms with Crippen molar-refractivity contribution < 1.29 is 14.2 Å². The topological polar surface area (TPSA) is 67.3 Å². The monoisotopic (exact) mass is 345 g/mol. The summed E-state index contributed by atoms with van der Waals surface area (Å²) in [6.45, 7) is 0.411. The lowest BCUT2D eigenvalue weighted by atomic mass is 10.2. The van der Waals surface area contributed by atoms with Gasteiger partial charge in [-0.3, -0.25) is 0 Å². The number of aromatic nitrogens is 2. The fourth-order valence-corrected chi connectivity index (χ4v) is 2.99. The first-order valence-corrected chi connectivity index (χ1v) is 8.13. The van der Waals surface area contributed by atoms with Gasteiger partial charge in [0.15, 0.2) is 11.5 Å². The number of ether oxygens (including phenoxy) is 1. The predicted molar refractivity (Wildman–Crippen MR) is 91.1 cm³/mol. The molecule has 0 bridgehead atoms. The molecule has 7 heteroatoms. The van der Waals surface area contributed by atoms with Crippen LogP contribution in [0.1, 0.15) is 16.1 Å². The first kappa shape index (κ1) is 16.2. The van der Waals surface area contributed by atoms with Gasteiger partial charge in [-0.1, -0.05) is 35.6 Å². The lowest BCUT2D eigenvalue weighted by Crippen LogP contribution is -2.00. The number of para-hydroxylation sites is 1. The maximum atomic E-state index is 12.9. The number of nitrogens with zero attached hydrogens (tertiary/aromatic N) is 2. The number of rotatable bonds is 6. The number of hydrogen-bond donors (Lipinski definition) is 2. The van der Waals surface area contributed by atoms with Gasteiger partial charge in [-0.05, 0) is 23.8 Å². The Labute approximate surface area is 142 Å². The van der Waals surface area contributed by atoms with Crippen molar-refractivity contribution >= 4 is 16.5 Å². The zero-order valence-corrected chi connectivity index (χ0v) is 13.8. The fraction of sp³-hybridized carbons (Fsp3) is 0.176. The zero-order chi connectivity index (χ0) is 16.9. The molecule has 0 spiro atoms. The van der Waals surface area contributed by atoms with Crippen LogP contribution in [0.3, 0.4) is 0 Å². The number of hydrogen-bond acceptors (Lipinski definition) is 6. The number of phenols is 1. The van der Waals surface area contributed by atoms with Crippen LogP contribution < -0.4 is 10.1 Å². The summed E-state index contributed by atoms with van der Waals surface area (Å²) in [4.78, 5) is 0. The van der Waals surface area contributed by atoms with E-state index in [0.717, 1.165) is 10.6 Å². The molecule has 2 aromatic carbocycles. The molecule has 3 aromatic rings. The Balaban J connectivity index is 1.63. The SMILES string of the molecule is COc1cccc(CNc2nnc(Cc3ccc(F)cc3)s2)c1O. The fourth-order valence-electron chi connectivity index (χ4n) is 2.22. The summed E-state index contributed by atoms with van der Waals surface area (Å²) in [5.74, 6) is 0.295. The summed E-state index contributed by atoms with van der Waals surface area (Å²) in [6.07, 6.45) is 0.601. The summed E-state index contributed by atoms with van der Waals surface area (Å²) in [5.41, 5.74) is 1.69. The third kappa shape index (κ3) is 3.80. The third-order valence-corrected chi connectivity index (χ3v) is 4.35. The number of phenolic OH excluding ortho intramolecular Hbond substituents is 1. The van der Waals surface area contributed by atoms with E-state index in [-0.39, 0.29) is 11.6 Å². The normalized spacial score (nSPS) is 10.6. The van der Waals surface area contributed by atoms with Crippen LogP contribution in [0.2, 0.25) is 0 Å². The predicted octanol–water partition coefficient (Wildman–Crippen LogP) is 3.59. The minimum absolute atomic E-state index is 0.114. The van der Waals surface area contributed by atoms with Crippen LogP contribution in [-0.4, -0.2) is 22.4 Å². The molecule has 24 heavy (non-hydrogen) atoms. The van der Waals surface area contributed by atoms with E-state index in [1.54, 1.807) is 18.2 Å². The van der Waals surface area contributed by atoms with Crippen molar-refractivity contribution in [2.45, 2.75) is 13.0 Å². The molecule has 1 aromatic heterocycles. The quantitative estimate of drug-likeness (QED) is 0.714. The molecule has 0 aliphatic rings. The smallest absolute Gasteiger partial charge is 0.205 e. The highest BCUT2D eigenvalue weighted by Crippen LogP contribution is 2.30. The molecular weight excluding hydrogens is 329 g/mol. The third-order valence-electron chi connectivity index (χ3n) is 3.47. The maximum Gasteiger partial charge on any atom is 0.205 e. The van der Waals surface area contributed by atoms with Gasteiger partial charge in [0.1, 0.15) is 10.8 Å². The molecule has 0 saturated carbocycles. The molecule has 0 fully saturated rings. The Hall–Kier alpha value is -2.67. The Bertz CT molecular complexity index is 821. The van der Waals surface area contributed by atoms with Crippen molar-refractivity contribution in [3.8, 4) is 11.5 Å². The largest absolute Gasteiger partial charge is 0.504 e. The summed E-state index contributed by atoms with van der Waals surface area (Å²) in [6, 6.07) is 11.7. The number of anilines is 1. The minimum Gasteiger partial charge on any atom is -0.504 e. The molecule has 0 atom stereocenters. The summed E-state index contributed by atoms with van der Waals surface area (Å²) < 4.78 is 18.0. The number of halogens is 1. The van der Waals surface area contributed by atoms with Crippen LogP contribution >= 0.6 is 11.3 Å². The second-order valence-corrected chi connectivity index (χ2v) is 6.19. The summed E-state index contributed by atoms with van der Waals surface area (Å²) >= 11 is 1.43. The summed E-state index contributed by atoms with van der Waals surface area (Å²) in [7, 11) is 1.51. The average Bonchev–Trinajstić information content (AvgIpc) is 3.03. The van der Waals surface area contributed by atoms with Crippen LogP contribution in [-0.2, 0) is 13.0 Å². The van der Waals surface area contributed by atoms with Crippen LogP contribution in [0.15, 0.2) is 42.5 Å². The molecule has 2 N–H and O–H groups in total. The van der Waals surface area contributed by atoms with Crippen LogP contribution in [0.25, 0.3) is 0 Å². The lowest BCUT2D eigenvalue weighted by Gasteiger charge is -2.08. The van der Waals surface area contributed by atoms with Gasteiger partial charge in [0, 0.05) is 18.5 Å². The van der Waals surface area contributed by atoms with E-state index in [0.29, 0.717) is 29.4 Å². The molecule has 3 rings (SSSR count). The van der Waals surface area contributed by atoms with Gasteiger partial charge in [0.2, 0.25) is 5.13 Å². The van der Waals surface area contributed by atoms with Gasteiger partial charge in [-0.2, -0.15) is 0 Å². The number of nitrogens with one attached hydrogen (secondary N) is 1. The van der Waals surface area contributed by atoms with E-state index in [9.17, 15) is 9.50 Å². The molecule has 0 aliphatic heterocycles. The van der Waals surface area contributed by atoms with Crippen molar-refractivity contribution in [3.05, 3.63) is 64.4 Å². The number of methoxy groups -OCH3 is 1. The van der Waals surface area contributed by atoms with Crippen LogP contribution in [0.4, 0.5) is 9.52 Å². The van der Waals surface area contributed by atoms with Crippen molar-refractivity contribution in [1.29, 1.82) is 0 Å². The Morgan fingerprint density at radius 2 is 1.96 bits per heavy atom. The van der Waals surface area contributed by atoms with E-state index in [2.05, 4.69) is 15.5 Å². The Morgan fingerprint density at radius 1 is 1.17 bits per heavy atom.